The van der Waals surface area contributed by atoms with Gasteiger partial charge in [0.25, 0.3) is 5.91 Å². The maximum atomic E-state index is 13.1. The van der Waals surface area contributed by atoms with Crippen LogP contribution < -0.4 is 5.32 Å². The number of amides is 1. The Labute approximate surface area is 183 Å². The molecule has 0 spiro atoms. The van der Waals surface area contributed by atoms with Gasteiger partial charge < -0.3 is 9.88 Å². The van der Waals surface area contributed by atoms with Gasteiger partial charge in [-0.3, -0.25) is 4.79 Å². The van der Waals surface area contributed by atoms with Crippen molar-refractivity contribution in [3.63, 3.8) is 0 Å². The minimum atomic E-state index is -0.247. The number of halogens is 1. The molecule has 0 bridgehead atoms. The maximum Gasteiger partial charge on any atom is 0.257 e. The summed E-state index contributed by atoms with van der Waals surface area (Å²) in [5.74, 6) is -0.247. The number of carbonyl (C=O) groups excluding carboxylic acids is 1. The molecule has 0 aliphatic heterocycles. The zero-order valence-electron chi connectivity index (χ0n) is 17.0. The predicted octanol–water partition coefficient (Wildman–Crippen LogP) is 5.11. The molecular weight excluding hydrogens is 420 g/mol. The second-order valence-electron chi connectivity index (χ2n) is 7.23. The van der Waals surface area contributed by atoms with E-state index in [4.69, 9.17) is 11.6 Å². The number of aromatic nitrogens is 5. The maximum absolute atomic E-state index is 13.1. The number of carbonyl (C=O) groups is 1. The van der Waals surface area contributed by atoms with Crippen LogP contribution in [0, 0.1) is 6.92 Å². The van der Waals surface area contributed by atoms with Gasteiger partial charge in [-0.1, -0.05) is 11.6 Å². The van der Waals surface area contributed by atoms with Crippen molar-refractivity contribution in [3.8, 4) is 0 Å². The van der Waals surface area contributed by atoms with Gasteiger partial charge >= 0.3 is 0 Å². The Morgan fingerprint density at radius 1 is 1.27 bits per heavy atom. The number of benzene rings is 1. The summed E-state index contributed by atoms with van der Waals surface area (Å²) in [6.07, 6.45) is 5.34. The molecule has 0 atom stereocenters. The Kier molecular flexibility index (Phi) is 5.53. The Bertz CT molecular complexity index is 1250. The largest absolute Gasteiger partial charge is 0.329 e. The molecule has 4 aromatic rings. The molecule has 0 unspecified atom stereocenters. The molecule has 1 aromatic carbocycles. The third-order valence-electron chi connectivity index (χ3n) is 4.66. The standard InChI is InChI=1S/C21H21ClN6OS/c1-12(2)28-19-14(11-24-28)9-16(13(3)25-19)20(29)26-17-10-15(22)5-6-18(17)30-21-23-7-8-27(21)4/h5-12H,1-4H3,(H,26,29). The van der Waals surface area contributed by atoms with Crippen LogP contribution in [0.4, 0.5) is 5.69 Å². The Hall–Kier alpha value is -2.84. The number of hydrogen-bond donors (Lipinski definition) is 1. The van der Waals surface area contributed by atoms with Crippen LogP contribution in [0.1, 0.15) is 35.9 Å². The number of rotatable bonds is 5. The molecule has 1 N–H and O–H groups in total. The molecule has 0 saturated heterocycles. The number of anilines is 1. The molecule has 0 fully saturated rings. The lowest BCUT2D eigenvalue weighted by Crippen LogP contribution is -2.15. The summed E-state index contributed by atoms with van der Waals surface area (Å²) >= 11 is 7.65. The SMILES string of the molecule is Cc1nc2c(cnn2C(C)C)cc1C(=O)Nc1cc(Cl)ccc1Sc1nccn1C. The summed E-state index contributed by atoms with van der Waals surface area (Å²) in [4.78, 5) is 22.9. The number of fused-ring (bicyclic) bond motifs is 1. The summed E-state index contributed by atoms with van der Waals surface area (Å²) in [5.41, 5.74) is 2.53. The van der Waals surface area contributed by atoms with E-state index in [-0.39, 0.29) is 11.9 Å². The lowest BCUT2D eigenvalue weighted by molar-refractivity contribution is 0.102. The van der Waals surface area contributed by atoms with Gasteiger partial charge in [-0.05, 0) is 56.8 Å². The van der Waals surface area contributed by atoms with Gasteiger partial charge in [0, 0.05) is 40.8 Å². The van der Waals surface area contributed by atoms with Gasteiger partial charge in [0.05, 0.1) is 23.1 Å². The topological polar surface area (TPSA) is 77.6 Å². The second-order valence-corrected chi connectivity index (χ2v) is 8.68. The Balaban J connectivity index is 1.66. The average Bonchev–Trinajstić information content (AvgIpc) is 3.29. The van der Waals surface area contributed by atoms with E-state index in [0.29, 0.717) is 22.0 Å². The molecule has 3 aromatic heterocycles. The fourth-order valence-corrected chi connectivity index (χ4v) is 4.14. The van der Waals surface area contributed by atoms with E-state index in [2.05, 4.69) is 20.4 Å². The molecule has 7 nitrogen and oxygen atoms in total. The monoisotopic (exact) mass is 440 g/mol. The zero-order chi connectivity index (χ0) is 21.4. The van der Waals surface area contributed by atoms with Crippen LogP contribution in [0.15, 0.2) is 52.9 Å². The molecule has 9 heteroatoms. The van der Waals surface area contributed by atoms with Crippen LogP contribution in [0.3, 0.4) is 0 Å². The van der Waals surface area contributed by atoms with Gasteiger partial charge in [0.2, 0.25) is 0 Å². The van der Waals surface area contributed by atoms with E-state index < -0.39 is 0 Å². The van der Waals surface area contributed by atoms with Gasteiger partial charge in [0.15, 0.2) is 10.8 Å². The lowest BCUT2D eigenvalue weighted by atomic mass is 10.1. The van der Waals surface area contributed by atoms with Crippen molar-refractivity contribution < 1.29 is 4.79 Å². The molecule has 0 aliphatic carbocycles. The first-order valence-corrected chi connectivity index (χ1v) is 10.6. The first-order valence-electron chi connectivity index (χ1n) is 9.44. The highest BCUT2D eigenvalue weighted by Crippen LogP contribution is 2.34. The molecule has 1 amide bonds. The quantitative estimate of drug-likeness (QED) is 0.466. The van der Waals surface area contributed by atoms with Crippen molar-refractivity contribution in [1.82, 2.24) is 24.3 Å². The molecule has 4 rings (SSSR count). The predicted molar refractivity (Wildman–Crippen MR) is 119 cm³/mol. The first-order chi connectivity index (χ1) is 14.3. The van der Waals surface area contributed by atoms with Gasteiger partial charge in [-0.25, -0.2) is 14.6 Å². The van der Waals surface area contributed by atoms with Crippen LogP contribution in [0.5, 0.6) is 0 Å². The first kappa shape index (κ1) is 20.4. The van der Waals surface area contributed by atoms with E-state index in [1.54, 1.807) is 24.5 Å². The fourth-order valence-electron chi connectivity index (χ4n) is 3.10. The fraction of sp³-hybridized carbons (Fsp3) is 0.238. The summed E-state index contributed by atoms with van der Waals surface area (Å²) < 4.78 is 3.77. The van der Waals surface area contributed by atoms with E-state index in [9.17, 15) is 4.79 Å². The van der Waals surface area contributed by atoms with Crippen molar-refractivity contribution >= 4 is 46.0 Å². The van der Waals surface area contributed by atoms with E-state index >= 15 is 0 Å². The smallest absolute Gasteiger partial charge is 0.257 e. The molecule has 0 radical (unpaired) electrons. The van der Waals surface area contributed by atoms with E-state index in [0.717, 1.165) is 21.1 Å². The molecular formula is C21H21ClN6OS. The molecule has 3 heterocycles. The van der Waals surface area contributed by atoms with Crippen LogP contribution in [0.25, 0.3) is 11.0 Å². The number of nitrogens with one attached hydrogen (secondary N) is 1. The minimum absolute atomic E-state index is 0.186. The van der Waals surface area contributed by atoms with Crippen molar-refractivity contribution in [2.24, 2.45) is 7.05 Å². The molecule has 30 heavy (non-hydrogen) atoms. The summed E-state index contributed by atoms with van der Waals surface area (Å²) in [6, 6.07) is 7.42. The number of aryl methyl sites for hydroxylation is 2. The van der Waals surface area contributed by atoms with Crippen LogP contribution in [-0.4, -0.2) is 30.2 Å². The van der Waals surface area contributed by atoms with Crippen molar-refractivity contribution in [2.75, 3.05) is 5.32 Å². The molecule has 154 valence electrons. The van der Waals surface area contributed by atoms with Crippen molar-refractivity contribution in [3.05, 3.63) is 59.1 Å². The Morgan fingerprint density at radius 2 is 2.07 bits per heavy atom. The average molecular weight is 441 g/mol. The highest BCUT2D eigenvalue weighted by Gasteiger charge is 2.17. The number of nitrogens with zero attached hydrogens (tertiary/aromatic N) is 5. The molecule has 0 aliphatic rings. The normalized spacial score (nSPS) is 11.4. The van der Waals surface area contributed by atoms with E-state index in [1.165, 1.54) is 11.8 Å². The number of imidazole rings is 1. The van der Waals surface area contributed by atoms with Gasteiger partial charge in [-0.2, -0.15) is 5.10 Å². The summed E-state index contributed by atoms with van der Waals surface area (Å²) in [6.45, 7) is 5.92. The number of pyridine rings is 1. The third kappa shape index (κ3) is 3.93. The molecule has 0 saturated carbocycles. The third-order valence-corrected chi connectivity index (χ3v) is 6.05. The zero-order valence-corrected chi connectivity index (χ0v) is 18.6. The van der Waals surface area contributed by atoms with Crippen LogP contribution in [-0.2, 0) is 7.05 Å². The highest BCUT2D eigenvalue weighted by molar-refractivity contribution is 7.99. The second kappa shape index (κ2) is 8.12. The number of hydrogen-bond acceptors (Lipinski definition) is 5. The van der Waals surface area contributed by atoms with Crippen LogP contribution >= 0.6 is 23.4 Å². The summed E-state index contributed by atoms with van der Waals surface area (Å²) in [5, 5.41) is 9.55. The summed E-state index contributed by atoms with van der Waals surface area (Å²) in [7, 11) is 1.92. The lowest BCUT2D eigenvalue weighted by Gasteiger charge is -2.13. The van der Waals surface area contributed by atoms with Crippen LogP contribution in [0.2, 0.25) is 5.02 Å². The van der Waals surface area contributed by atoms with Gasteiger partial charge in [-0.15, -0.1) is 0 Å². The van der Waals surface area contributed by atoms with E-state index in [1.807, 2.05) is 55.4 Å². The van der Waals surface area contributed by atoms with Gasteiger partial charge in [0.1, 0.15) is 0 Å². The highest BCUT2D eigenvalue weighted by atomic mass is 35.5. The Morgan fingerprint density at radius 3 is 2.77 bits per heavy atom. The van der Waals surface area contributed by atoms with Crippen molar-refractivity contribution in [2.45, 2.75) is 36.9 Å². The van der Waals surface area contributed by atoms with Crippen molar-refractivity contribution in [1.29, 1.82) is 0 Å². The minimum Gasteiger partial charge on any atom is -0.329 e.